The second kappa shape index (κ2) is 8.12. The van der Waals surface area contributed by atoms with Gasteiger partial charge in [0.15, 0.2) is 0 Å². The van der Waals surface area contributed by atoms with E-state index in [1.807, 2.05) is 49.5 Å². The SMILES string of the molecule is CCN1CCN(c2ccc(NC(=O)Cc3cccc(C)c3)nc2)CC1. The molecule has 0 aliphatic carbocycles. The molecule has 1 aromatic carbocycles. The smallest absolute Gasteiger partial charge is 0.229 e. The monoisotopic (exact) mass is 338 g/mol. The van der Waals surface area contributed by atoms with Gasteiger partial charge in [-0.3, -0.25) is 4.79 Å². The van der Waals surface area contributed by atoms with Gasteiger partial charge in [-0.1, -0.05) is 36.8 Å². The number of carbonyl (C=O) groups is 1. The molecule has 0 radical (unpaired) electrons. The average molecular weight is 338 g/mol. The number of aryl methyl sites for hydroxylation is 1. The lowest BCUT2D eigenvalue weighted by Crippen LogP contribution is -2.46. The Balaban J connectivity index is 1.54. The van der Waals surface area contributed by atoms with Gasteiger partial charge in [0.2, 0.25) is 5.91 Å². The highest BCUT2D eigenvalue weighted by molar-refractivity contribution is 5.91. The van der Waals surface area contributed by atoms with Gasteiger partial charge in [-0.15, -0.1) is 0 Å². The topological polar surface area (TPSA) is 48.5 Å². The minimum atomic E-state index is -0.0394. The fourth-order valence-corrected chi connectivity index (χ4v) is 3.16. The molecule has 2 aromatic rings. The lowest BCUT2D eigenvalue weighted by Gasteiger charge is -2.35. The van der Waals surface area contributed by atoms with Crippen LogP contribution in [0.5, 0.6) is 0 Å². The summed E-state index contributed by atoms with van der Waals surface area (Å²) < 4.78 is 0. The third-order valence-corrected chi connectivity index (χ3v) is 4.65. The highest BCUT2D eigenvalue weighted by atomic mass is 16.1. The van der Waals surface area contributed by atoms with Crippen LogP contribution in [0.4, 0.5) is 11.5 Å². The third-order valence-electron chi connectivity index (χ3n) is 4.65. The Hall–Kier alpha value is -2.40. The average Bonchev–Trinajstić information content (AvgIpc) is 2.62. The van der Waals surface area contributed by atoms with E-state index in [9.17, 15) is 4.79 Å². The number of nitrogens with zero attached hydrogens (tertiary/aromatic N) is 3. The number of anilines is 2. The van der Waals surface area contributed by atoms with E-state index >= 15 is 0 Å². The quantitative estimate of drug-likeness (QED) is 0.911. The molecule has 5 heteroatoms. The summed E-state index contributed by atoms with van der Waals surface area (Å²) in [6.45, 7) is 9.56. The van der Waals surface area contributed by atoms with E-state index in [2.05, 4.69) is 27.0 Å². The van der Waals surface area contributed by atoms with Crippen LogP contribution in [0.3, 0.4) is 0 Å². The van der Waals surface area contributed by atoms with Crippen molar-refractivity contribution in [1.82, 2.24) is 9.88 Å². The van der Waals surface area contributed by atoms with Gasteiger partial charge >= 0.3 is 0 Å². The number of nitrogens with one attached hydrogen (secondary N) is 1. The van der Waals surface area contributed by atoms with Gasteiger partial charge in [-0.2, -0.15) is 0 Å². The first-order chi connectivity index (χ1) is 12.1. The van der Waals surface area contributed by atoms with E-state index in [1.165, 1.54) is 0 Å². The second-order valence-electron chi connectivity index (χ2n) is 6.54. The summed E-state index contributed by atoms with van der Waals surface area (Å²) >= 11 is 0. The number of carbonyl (C=O) groups excluding carboxylic acids is 1. The van der Waals surface area contributed by atoms with Gasteiger partial charge in [-0.05, 0) is 31.2 Å². The molecule has 0 unspecified atom stereocenters. The summed E-state index contributed by atoms with van der Waals surface area (Å²) in [7, 11) is 0. The molecule has 1 aliphatic heterocycles. The summed E-state index contributed by atoms with van der Waals surface area (Å²) in [6.07, 6.45) is 2.22. The second-order valence-corrected chi connectivity index (χ2v) is 6.54. The molecule has 1 aromatic heterocycles. The first kappa shape index (κ1) is 17.4. The molecule has 1 fully saturated rings. The minimum Gasteiger partial charge on any atom is -0.368 e. The molecular formula is C20H26N4O. The van der Waals surface area contributed by atoms with Gasteiger partial charge < -0.3 is 15.1 Å². The van der Waals surface area contributed by atoms with Gasteiger partial charge in [0.05, 0.1) is 18.3 Å². The molecule has 1 aliphatic rings. The molecule has 3 rings (SSSR count). The lowest BCUT2D eigenvalue weighted by atomic mass is 10.1. The number of hydrogen-bond donors (Lipinski definition) is 1. The summed E-state index contributed by atoms with van der Waals surface area (Å²) in [5, 5.41) is 2.88. The zero-order valence-electron chi connectivity index (χ0n) is 15.0. The summed E-state index contributed by atoms with van der Waals surface area (Å²) in [6, 6.07) is 11.9. The molecule has 1 amide bonds. The van der Waals surface area contributed by atoms with Crippen LogP contribution in [-0.4, -0.2) is 48.5 Å². The number of amides is 1. The summed E-state index contributed by atoms with van der Waals surface area (Å²) in [4.78, 5) is 21.4. The van der Waals surface area contributed by atoms with Crippen LogP contribution >= 0.6 is 0 Å². The Morgan fingerprint density at radius 2 is 1.96 bits per heavy atom. The first-order valence-electron chi connectivity index (χ1n) is 8.93. The van der Waals surface area contributed by atoms with Crippen molar-refractivity contribution in [2.75, 3.05) is 42.9 Å². The van der Waals surface area contributed by atoms with Gasteiger partial charge in [0, 0.05) is 26.2 Å². The predicted octanol–water partition coefficient (Wildman–Crippen LogP) is 2.71. The maximum Gasteiger partial charge on any atom is 0.229 e. The predicted molar refractivity (Wildman–Crippen MR) is 102 cm³/mol. The molecule has 0 atom stereocenters. The first-order valence-corrected chi connectivity index (χ1v) is 8.93. The van der Waals surface area contributed by atoms with Crippen LogP contribution in [0, 0.1) is 6.92 Å². The van der Waals surface area contributed by atoms with Crippen molar-refractivity contribution < 1.29 is 4.79 Å². The van der Waals surface area contributed by atoms with Crippen LogP contribution in [0.1, 0.15) is 18.1 Å². The highest BCUT2D eigenvalue weighted by Gasteiger charge is 2.16. The summed E-state index contributed by atoms with van der Waals surface area (Å²) in [5.74, 6) is 0.566. The van der Waals surface area contributed by atoms with Crippen molar-refractivity contribution in [3.63, 3.8) is 0 Å². The molecule has 0 saturated carbocycles. The van der Waals surface area contributed by atoms with Crippen LogP contribution in [0.25, 0.3) is 0 Å². The summed E-state index contributed by atoms with van der Waals surface area (Å²) in [5.41, 5.74) is 3.30. The molecule has 5 nitrogen and oxygen atoms in total. The van der Waals surface area contributed by atoms with Crippen molar-refractivity contribution >= 4 is 17.4 Å². The van der Waals surface area contributed by atoms with Gasteiger partial charge in [-0.25, -0.2) is 4.98 Å². The van der Waals surface area contributed by atoms with E-state index in [4.69, 9.17) is 0 Å². The van der Waals surface area contributed by atoms with Crippen LogP contribution in [0.15, 0.2) is 42.6 Å². The third kappa shape index (κ3) is 4.79. The molecule has 132 valence electrons. The number of aromatic nitrogens is 1. The van der Waals surface area contributed by atoms with Crippen LogP contribution < -0.4 is 10.2 Å². The van der Waals surface area contributed by atoms with Crippen molar-refractivity contribution in [2.24, 2.45) is 0 Å². The molecule has 0 spiro atoms. The molecule has 1 saturated heterocycles. The minimum absolute atomic E-state index is 0.0394. The van der Waals surface area contributed by atoms with E-state index < -0.39 is 0 Å². The van der Waals surface area contributed by atoms with Crippen molar-refractivity contribution in [3.8, 4) is 0 Å². The zero-order chi connectivity index (χ0) is 17.6. The number of likely N-dealkylation sites (N-methyl/N-ethyl adjacent to an activating group) is 1. The Labute approximate surface area is 149 Å². The molecule has 0 bridgehead atoms. The van der Waals surface area contributed by atoms with Crippen molar-refractivity contribution in [2.45, 2.75) is 20.3 Å². The van der Waals surface area contributed by atoms with E-state index in [0.717, 1.165) is 49.5 Å². The standard InChI is InChI=1S/C20H26N4O/c1-3-23-9-11-24(12-10-23)18-7-8-19(21-15-18)22-20(25)14-17-6-4-5-16(2)13-17/h4-8,13,15H,3,9-12,14H2,1-2H3,(H,21,22,25). The molecule has 25 heavy (non-hydrogen) atoms. The number of piperazine rings is 1. The number of benzene rings is 1. The maximum absolute atomic E-state index is 12.2. The maximum atomic E-state index is 12.2. The highest BCUT2D eigenvalue weighted by Crippen LogP contribution is 2.17. The molecule has 2 heterocycles. The molecular weight excluding hydrogens is 312 g/mol. The van der Waals surface area contributed by atoms with Crippen molar-refractivity contribution in [1.29, 1.82) is 0 Å². The van der Waals surface area contributed by atoms with E-state index in [1.54, 1.807) is 0 Å². The van der Waals surface area contributed by atoms with Crippen LogP contribution in [-0.2, 0) is 11.2 Å². The Morgan fingerprint density at radius 3 is 2.60 bits per heavy atom. The number of rotatable bonds is 5. The Kier molecular flexibility index (Phi) is 5.66. The zero-order valence-corrected chi connectivity index (χ0v) is 15.0. The van der Waals surface area contributed by atoms with Crippen molar-refractivity contribution in [3.05, 3.63) is 53.7 Å². The normalized spacial score (nSPS) is 15.2. The fourth-order valence-electron chi connectivity index (χ4n) is 3.16. The Morgan fingerprint density at radius 1 is 1.16 bits per heavy atom. The number of hydrogen-bond acceptors (Lipinski definition) is 4. The van der Waals surface area contributed by atoms with Crippen LogP contribution in [0.2, 0.25) is 0 Å². The number of pyridine rings is 1. The van der Waals surface area contributed by atoms with E-state index in [0.29, 0.717) is 12.2 Å². The Bertz CT molecular complexity index is 706. The van der Waals surface area contributed by atoms with E-state index in [-0.39, 0.29) is 5.91 Å². The lowest BCUT2D eigenvalue weighted by molar-refractivity contribution is -0.115. The largest absolute Gasteiger partial charge is 0.368 e. The van der Waals surface area contributed by atoms with Gasteiger partial charge in [0.1, 0.15) is 5.82 Å². The van der Waals surface area contributed by atoms with Gasteiger partial charge in [0.25, 0.3) is 0 Å². The molecule has 1 N–H and O–H groups in total. The fraction of sp³-hybridized carbons (Fsp3) is 0.400.